The topological polar surface area (TPSA) is 72.5 Å². The molecule has 0 bridgehead atoms. The summed E-state index contributed by atoms with van der Waals surface area (Å²) >= 11 is 0. The highest BCUT2D eigenvalue weighted by atomic mass is 32.2. The number of sulfonamides is 1. The first kappa shape index (κ1) is 18.5. The van der Waals surface area contributed by atoms with Crippen molar-refractivity contribution in [2.24, 2.45) is 0 Å². The van der Waals surface area contributed by atoms with Crippen LogP contribution in [-0.2, 0) is 31.7 Å². The normalized spacial score (nSPS) is 16.8. The first-order valence-electron chi connectivity index (χ1n) is 8.01. The SMILES string of the molecule is O=C(C[C@H]1OCCc2ccccc21)NS(=O)(=O)Cc1c(F)cccc1F. The van der Waals surface area contributed by atoms with E-state index in [0.717, 1.165) is 35.7 Å². The molecular formula is C18H17F2NO4S. The Labute approximate surface area is 150 Å². The minimum absolute atomic E-state index is 0.198. The molecule has 138 valence electrons. The van der Waals surface area contributed by atoms with E-state index in [1.165, 1.54) is 0 Å². The number of ether oxygens (including phenoxy) is 1. The van der Waals surface area contributed by atoms with E-state index in [0.29, 0.717) is 6.61 Å². The Morgan fingerprint density at radius 2 is 1.81 bits per heavy atom. The maximum Gasteiger partial charge on any atom is 0.239 e. The molecule has 0 fully saturated rings. The lowest BCUT2D eigenvalue weighted by molar-refractivity contribution is -0.122. The predicted molar refractivity (Wildman–Crippen MR) is 90.6 cm³/mol. The Hall–Kier alpha value is -2.32. The van der Waals surface area contributed by atoms with Crippen LogP contribution in [-0.4, -0.2) is 20.9 Å². The zero-order valence-corrected chi connectivity index (χ0v) is 14.6. The summed E-state index contributed by atoms with van der Waals surface area (Å²) in [6.07, 6.45) is -0.0323. The Bertz CT molecular complexity index is 910. The molecule has 3 rings (SSSR count). The standard InChI is InChI=1S/C18H17F2NO4S/c19-15-6-3-7-16(20)14(15)11-26(23,24)21-18(22)10-17-13-5-2-1-4-12(13)8-9-25-17/h1-7,17H,8-11H2,(H,21,22)/t17-/m1/s1. The fourth-order valence-electron chi connectivity index (χ4n) is 2.93. The summed E-state index contributed by atoms with van der Waals surface area (Å²) in [5.74, 6) is -3.71. The van der Waals surface area contributed by atoms with Crippen molar-refractivity contribution in [3.05, 3.63) is 70.8 Å². The van der Waals surface area contributed by atoms with Crippen LogP contribution in [0.3, 0.4) is 0 Å². The van der Waals surface area contributed by atoms with Gasteiger partial charge in [-0.1, -0.05) is 30.3 Å². The van der Waals surface area contributed by atoms with E-state index in [9.17, 15) is 22.0 Å². The van der Waals surface area contributed by atoms with Gasteiger partial charge in [0.15, 0.2) is 0 Å². The summed E-state index contributed by atoms with van der Waals surface area (Å²) in [6.45, 7) is 0.433. The van der Waals surface area contributed by atoms with Gasteiger partial charge in [0, 0.05) is 5.56 Å². The molecule has 0 saturated carbocycles. The molecule has 1 atom stereocenters. The molecule has 0 unspecified atom stereocenters. The Morgan fingerprint density at radius 3 is 2.54 bits per heavy atom. The van der Waals surface area contributed by atoms with Crippen LogP contribution in [0.5, 0.6) is 0 Å². The number of nitrogens with one attached hydrogen (secondary N) is 1. The van der Waals surface area contributed by atoms with Crippen molar-refractivity contribution in [2.75, 3.05) is 6.61 Å². The molecular weight excluding hydrogens is 364 g/mol. The van der Waals surface area contributed by atoms with Gasteiger partial charge in [-0.15, -0.1) is 0 Å². The van der Waals surface area contributed by atoms with Crippen LogP contribution in [0.1, 0.15) is 29.2 Å². The summed E-state index contributed by atoms with van der Waals surface area (Å²) < 4.78 is 58.9. The number of hydrogen-bond acceptors (Lipinski definition) is 4. The fraction of sp³-hybridized carbons (Fsp3) is 0.278. The van der Waals surface area contributed by atoms with E-state index in [1.54, 1.807) is 0 Å². The third kappa shape index (κ3) is 4.25. The van der Waals surface area contributed by atoms with Crippen LogP contribution in [0.25, 0.3) is 0 Å². The number of carbonyl (C=O) groups is 1. The molecule has 2 aromatic carbocycles. The lowest BCUT2D eigenvalue weighted by Crippen LogP contribution is -2.34. The van der Waals surface area contributed by atoms with E-state index in [-0.39, 0.29) is 6.42 Å². The molecule has 2 aromatic rings. The molecule has 5 nitrogen and oxygen atoms in total. The van der Waals surface area contributed by atoms with Crippen LogP contribution in [0.15, 0.2) is 42.5 Å². The second kappa shape index (κ2) is 7.51. The van der Waals surface area contributed by atoms with Gasteiger partial charge in [-0.3, -0.25) is 9.52 Å². The van der Waals surface area contributed by atoms with Gasteiger partial charge in [0.25, 0.3) is 0 Å². The van der Waals surface area contributed by atoms with E-state index in [1.807, 2.05) is 29.0 Å². The van der Waals surface area contributed by atoms with Crippen molar-refractivity contribution in [3.63, 3.8) is 0 Å². The molecule has 1 amide bonds. The summed E-state index contributed by atoms with van der Waals surface area (Å²) in [5.41, 5.74) is 1.28. The molecule has 8 heteroatoms. The predicted octanol–water partition coefficient (Wildman–Crippen LogP) is 2.61. The minimum atomic E-state index is -4.24. The van der Waals surface area contributed by atoms with Crippen molar-refractivity contribution in [1.29, 1.82) is 0 Å². The van der Waals surface area contributed by atoms with Crippen LogP contribution in [0, 0.1) is 11.6 Å². The maximum absolute atomic E-state index is 13.6. The average Bonchev–Trinajstić information content (AvgIpc) is 2.58. The van der Waals surface area contributed by atoms with E-state index < -0.39 is 45.0 Å². The molecule has 1 aliphatic heterocycles. The van der Waals surface area contributed by atoms with Crippen LogP contribution in [0.4, 0.5) is 8.78 Å². The van der Waals surface area contributed by atoms with Crippen LogP contribution >= 0.6 is 0 Å². The van der Waals surface area contributed by atoms with Crippen molar-refractivity contribution in [1.82, 2.24) is 4.72 Å². The van der Waals surface area contributed by atoms with Gasteiger partial charge in [-0.25, -0.2) is 17.2 Å². The van der Waals surface area contributed by atoms with Crippen LogP contribution < -0.4 is 4.72 Å². The first-order valence-corrected chi connectivity index (χ1v) is 9.66. The highest BCUT2D eigenvalue weighted by molar-refractivity contribution is 7.89. The van der Waals surface area contributed by atoms with Gasteiger partial charge < -0.3 is 4.74 Å². The Morgan fingerprint density at radius 1 is 1.12 bits per heavy atom. The molecule has 0 spiro atoms. The molecule has 26 heavy (non-hydrogen) atoms. The number of amides is 1. The molecule has 0 aliphatic carbocycles. The molecule has 0 saturated heterocycles. The van der Waals surface area contributed by atoms with Gasteiger partial charge in [0.1, 0.15) is 17.4 Å². The first-order chi connectivity index (χ1) is 12.4. The molecule has 1 heterocycles. The summed E-state index contributed by atoms with van der Waals surface area (Å²) in [5, 5.41) is 0. The summed E-state index contributed by atoms with van der Waals surface area (Å²) in [4.78, 5) is 12.1. The van der Waals surface area contributed by atoms with Gasteiger partial charge in [0.05, 0.1) is 19.1 Å². The Kier molecular flexibility index (Phi) is 5.33. The zero-order chi connectivity index (χ0) is 18.7. The largest absolute Gasteiger partial charge is 0.373 e. The van der Waals surface area contributed by atoms with Gasteiger partial charge >= 0.3 is 0 Å². The number of halogens is 2. The molecule has 1 aliphatic rings. The highest BCUT2D eigenvalue weighted by Gasteiger charge is 2.26. The van der Waals surface area contributed by atoms with E-state index in [2.05, 4.69) is 0 Å². The number of fused-ring (bicyclic) bond motifs is 1. The number of hydrogen-bond donors (Lipinski definition) is 1. The number of rotatable bonds is 5. The van der Waals surface area contributed by atoms with Crippen molar-refractivity contribution < 1.29 is 26.7 Å². The van der Waals surface area contributed by atoms with Gasteiger partial charge in [-0.2, -0.15) is 0 Å². The third-order valence-electron chi connectivity index (χ3n) is 4.13. The summed E-state index contributed by atoms with van der Waals surface area (Å²) in [7, 11) is -4.24. The van der Waals surface area contributed by atoms with Crippen molar-refractivity contribution >= 4 is 15.9 Å². The number of carbonyl (C=O) groups excluding carboxylic acids is 1. The average molecular weight is 381 g/mol. The third-order valence-corrected chi connectivity index (χ3v) is 5.34. The molecule has 0 aromatic heterocycles. The lowest BCUT2D eigenvalue weighted by Gasteiger charge is -2.25. The van der Waals surface area contributed by atoms with Crippen molar-refractivity contribution in [2.45, 2.75) is 24.7 Å². The second-order valence-corrected chi connectivity index (χ2v) is 7.72. The monoisotopic (exact) mass is 381 g/mol. The van der Waals surface area contributed by atoms with Gasteiger partial charge in [-0.05, 0) is 29.7 Å². The Balaban J connectivity index is 1.68. The summed E-state index contributed by atoms with van der Waals surface area (Å²) in [6, 6.07) is 10.5. The van der Waals surface area contributed by atoms with Gasteiger partial charge in [0.2, 0.25) is 15.9 Å². The van der Waals surface area contributed by atoms with Crippen LogP contribution in [0.2, 0.25) is 0 Å². The lowest BCUT2D eigenvalue weighted by atomic mass is 9.96. The van der Waals surface area contributed by atoms with E-state index in [4.69, 9.17) is 4.74 Å². The zero-order valence-electron chi connectivity index (χ0n) is 13.7. The highest BCUT2D eigenvalue weighted by Crippen LogP contribution is 2.29. The minimum Gasteiger partial charge on any atom is -0.373 e. The second-order valence-electron chi connectivity index (χ2n) is 6.00. The molecule has 1 N–H and O–H groups in total. The quantitative estimate of drug-likeness (QED) is 0.864. The fourth-order valence-corrected chi connectivity index (χ4v) is 4.08. The molecule has 0 radical (unpaired) electrons. The van der Waals surface area contributed by atoms with Crippen molar-refractivity contribution in [3.8, 4) is 0 Å². The smallest absolute Gasteiger partial charge is 0.239 e. The maximum atomic E-state index is 13.6. The number of benzene rings is 2. The van der Waals surface area contributed by atoms with E-state index >= 15 is 0 Å².